The van der Waals surface area contributed by atoms with Crippen LogP contribution in [0.5, 0.6) is 0 Å². The minimum absolute atomic E-state index is 0.932. The molecule has 59 heavy (non-hydrogen) atoms. The van der Waals surface area contributed by atoms with E-state index in [9.17, 15) is 26.3 Å². The first-order valence-corrected chi connectivity index (χ1v) is 20.7. The molecule has 0 spiro atoms. The van der Waals surface area contributed by atoms with E-state index >= 15 is 0 Å². The molecule has 0 atom stereocenters. The molecule has 0 amide bonds. The van der Waals surface area contributed by atoms with Gasteiger partial charge in [0, 0.05) is 41.8 Å². The van der Waals surface area contributed by atoms with Crippen LogP contribution in [0.15, 0.2) is 102 Å². The molecule has 9 rings (SSSR count). The first kappa shape index (κ1) is 41.5. The number of alkyl halides is 6. The largest absolute Gasteiger partial charge is 0.741 e. The number of aromatic nitrogens is 2. The molecule has 0 unspecified atom stereocenters. The molecule has 0 radical (unpaired) electrons. The molecule has 0 saturated carbocycles. The van der Waals surface area contributed by atoms with Gasteiger partial charge in [0.05, 0.1) is 16.5 Å². The van der Waals surface area contributed by atoms with Gasteiger partial charge in [0.25, 0.3) is 0 Å². The number of para-hydroxylation sites is 1. The van der Waals surface area contributed by atoms with E-state index in [1.165, 1.54) is 66.7 Å². The predicted molar refractivity (Wildman–Crippen MR) is 206 cm³/mol. The van der Waals surface area contributed by atoms with Crippen LogP contribution in [0.25, 0.3) is 67.4 Å². The molecule has 0 fully saturated rings. The Labute approximate surface area is 334 Å². The van der Waals surface area contributed by atoms with Crippen LogP contribution >= 0.6 is 0 Å². The van der Waals surface area contributed by atoms with Gasteiger partial charge in [-0.3, -0.25) is 0 Å². The number of furan rings is 1. The molecule has 7 aromatic rings. The fourth-order valence-corrected chi connectivity index (χ4v) is 7.58. The fraction of sp³-hybridized carbons (Fsp3) is 0.190. The summed E-state index contributed by atoms with van der Waals surface area (Å²) in [6.45, 7) is 6.71. The van der Waals surface area contributed by atoms with E-state index in [2.05, 4.69) is 120 Å². The summed E-state index contributed by atoms with van der Waals surface area (Å²) in [6, 6.07) is 30.5. The summed E-state index contributed by atoms with van der Waals surface area (Å²) in [5.41, 5.74) is 4.48. The van der Waals surface area contributed by atoms with Crippen LogP contribution in [0.3, 0.4) is 0 Å². The Morgan fingerprint density at radius 1 is 0.610 bits per heavy atom. The highest BCUT2D eigenvalue weighted by Crippen LogP contribution is 2.45. The maximum absolute atomic E-state index is 10.7. The summed E-state index contributed by atoms with van der Waals surface area (Å²) >= 11 is 0. The van der Waals surface area contributed by atoms with Gasteiger partial charge in [-0.05, 0) is 76.9 Å². The van der Waals surface area contributed by atoms with Crippen LogP contribution in [0.4, 0.5) is 26.3 Å². The Morgan fingerprint density at radius 2 is 1.12 bits per heavy atom. The summed E-state index contributed by atoms with van der Waals surface area (Å²) in [5.74, 6) is 0. The Morgan fingerprint density at radius 3 is 1.75 bits per heavy atom. The number of aryl methyl sites for hydroxylation is 2. The van der Waals surface area contributed by atoms with E-state index < -0.39 is 31.3 Å². The third-order valence-electron chi connectivity index (χ3n) is 10.5. The topological polar surface area (TPSA) is 135 Å². The van der Waals surface area contributed by atoms with E-state index in [0.717, 1.165) is 47.9 Å². The van der Waals surface area contributed by atoms with Crippen molar-refractivity contribution in [3.8, 4) is 22.5 Å². The van der Waals surface area contributed by atoms with E-state index in [-0.39, 0.29) is 0 Å². The highest BCUT2D eigenvalue weighted by atomic mass is 32.2. The molecule has 5 heterocycles. The quantitative estimate of drug-likeness (QED) is 0.0736. The van der Waals surface area contributed by atoms with Crippen molar-refractivity contribution in [3.63, 3.8) is 0 Å². The lowest BCUT2D eigenvalue weighted by Crippen LogP contribution is -2.43. The van der Waals surface area contributed by atoms with Crippen molar-refractivity contribution in [1.82, 2.24) is 0 Å². The molecule has 0 bridgehead atoms. The highest BCUT2D eigenvalue weighted by molar-refractivity contribution is 7.86. The van der Waals surface area contributed by atoms with Crippen LogP contribution in [0.1, 0.15) is 33.4 Å². The molecule has 17 heteroatoms. The summed E-state index contributed by atoms with van der Waals surface area (Å²) in [6.07, 6.45) is 11.2. The SMILES string of the molecule is Cc1c(C)c2c(c3c1CC[n+]1ccc(/C=C/c4ccc5oc6ccccc6c5c4)cc1-3)-c1c3ccccc3cc[n+]1CC2.O=S(=O)([O-])C(F)(F)F.O=S(=O)([O-])C(F)(F)F. The zero-order valence-electron chi connectivity index (χ0n) is 31.1. The van der Waals surface area contributed by atoms with Crippen LogP contribution in [-0.2, 0) is 46.2 Å². The molecular weight excluding hydrogens is 823 g/mol. The van der Waals surface area contributed by atoms with Crippen molar-refractivity contribution in [1.29, 1.82) is 0 Å². The minimum Gasteiger partial charge on any atom is -0.741 e. The van der Waals surface area contributed by atoms with Crippen LogP contribution in [-0.4, -0.2) is 37.0 Å². The van der Waals surface area contributed by atoms with Crippen molar-refractivity contribution >= 4 is 65.1 Å². The molecule has 9 nitrogen and oxygen atoms in total. The van der Waals surface area contributed by atoms with Gasteiger partial charge in [-0.15, -0.1) is 0 Å². The second-order valence-corrected chi connectivity index (χ2v) is 16.7. The van der Waals surface area contributed by atoms with Crippen molar-refractivity contribution in [2.45, 2.75) is 50.8 Å². The number of nitrogens with zero attached hydrogens (tertiary/aromatic N) is 2. The summed E-state index contributed by atoms with van der Waals surface area (Å²) in [7, 11) is -12.2. The summed E-state index contributed by atoms with van der Waals surface area (Å²) in [4.78, 5) is 0. The maximum Gasteiger partial charge on any atom is 0.485 e. The second kappa shape index (κ2) is 15.2. The van der Waals surface area contributed by atoms with Gasteiger partial charge < -0.3 is 13.5 Å². The van der Waals surface area contributed by atoms with E-state index in [4.69, 9.17) is 30.4 Å². The zero-order chi connectivity index (χ0) is 42.7. The predicted octanol–water partition coefficient (Wildman–Crippen LogP) is 8.65. The van der Waals surface area contributed by atoms with E-state index in [1.54, 1.807) is 0 Å². The third-order valence-corrected chi connectivity index (χ3v) is 11.6. The molecular formula is C42H32F6N2O7S2. The van der Waals surface area contributed by atoms with Gasteiger partial charge in [0.15, 0.2) is 45.7 Å². The second-order valence-electron chi connectivity index (χ2n) is 13.9. The number of pyridine rings is 2. The zero-order valence-corrected chi connectivity index (χ0v) is 32.7. The van der Waals surface area contributed by atoms with Gasteiger partial charge in [0.1, 0.15) is 11.2 Å². The van der Waals surface area contributed by atoms with Gasteiger partial charge in [-0.2, -0.15) is 35.5 Å². The number of halogens is 6. The van der Waals surface area contributed by atoms with Gasteiger partial charge in [-0.1, -0.05) is 54.6 Å². The maximum atomic E-state index is 10.7. The van der Waals surface area contributed by atoms with Gasteiger partial charge in [0.2, 0.25) is 11.4 Å². The van der Waals surface area contributed by atoms with Crippen molar-refractivity contribution < 1.29 is 65.8 Å². The number of rotatable bonds is 2. The van der Waals surface area contributed by atoms with Crippen LogP contribution < -0.4 is 9.13 Å². The summed E-state index contributed by atoms with van der Waals surface area (Å²) in [5, 5.41) is 4.97. The number of benzene rings is 4. The number of hydrogen-bond donors (Lipinski definition) is 0. The van der Waals surface area contributed by atoms with Crippen LogP contribution in [0.2, 0.25) is 0 Å². The average molecular weight is 855 g/mol. The molecule has 0 saturated heterocycles. The molecule has 2 aliphatic heterocycles. The molecule has 4 aromatic carbocycles. The van der Waals surface area contributed by atoms with Gasteiger partial charge >= 0.3 is 11.0 Å². The molecule has 3 aromatic heterocycles. The number of hydrogen-bond acceptors (Lipinski definition) is 7. The average Bonchev–Trinajstić information content (AvgIpc) is 3.55. The molecule has 2 aliphatic rings. The van der Waals surface area contributed by atoms with E-state index in [1.807, 2.05) is 12.1 Å². The van der Waals surface area contributed by atoms with Crippen molar-refractivity contribution in [3.05, 3.63) is 131 Å². The Hall–Kier alpha value is -5.62. The smallest absolute Gasteiger partial charge is 0.485 e. The first-order chi connectivity index (χ1) is 27.6. The molecule has 306 valence electrons. The monoisotopic (exact) mass is 854 g/mol. The molecule has 0 aliphatic carbocycles. The Balaban J connectivity index is 0.000000281. The van der Waals surface area contributed by atoms with Crippen molar-refractivity contribution in [2.24, 2.45) is 0 Å². The molecule has 0 N–H and O–H groups in total. The Kier molecular flexibility index (Phi) is 10.7. The summed E-state index contributed by atoms with van der Waals surface area (Å²) < 4.78 is 129. The fourth-order valence-electron chi connectivity index (χ4n) is 7.58. The third kappa shape index (κ3) is 8.07. The van der Waals surface area contributed by atoms with Crippen LogP contribution in [0, 0.1) is 13.8 Å². The van der Waals surface area contributed by atoms with Crippen molar-refractivity contribution in [2.75, 3.05) is 0 Å². The first-order valence-electron chi connectivity index (χ1n) is 17.9. The lowest BCUT2D eigenvalue weighted by atomic mass is 9.79. The minimum atomic E-state index is -6.09. The Bertz CT molecular complexity index is 3020. The lowest BCUT2D eigenvalue weighted by Gasteiger charge is -2.27. The van der Waals surface area contributed by atoms with Gasteiger partial charge in [-0.25, -0.2) is 16.8 Å². The standard InChI is InChI=1S/C40H32N2O.2CHF3O3S/c1-25-26(2)31-18-22-42-20-16-29-7-3-4-8-32(29)40(42)39(31)38-30(25)17-21-41-19-15-28(24-35(38)41)12-11-27-13-14-37-34(23-27)33-9-5-6-10-36(33)43-37;2*2-1(3,4)8(5,6)7/h3-16,19-20,23-24H,17-18,21-22H2,1-2H3;2*(H,5,6,7)/q+2;;/p-2/b12-11+;;. The lowest BCUT2D eigenvalue weighted by molar-refractivity contribution is -0.689. The van der Waals surface area contributed by atoms with E-state index in [0.29, 0.717) is 0 Å². The normalized spacial score (nSPS) is 13.9. The number of fused-ring (bicyclic) bond motifs is 12. The highest BCUT2D eigenvalue weighted by Gasteiger charge is 2.39.